The number of hydrogen-bond donors (Lipinski definition) is 2. The summed E-state index contributed by atoms with van der Waals surface area (Å²) in [6.45, 7) is 0. The van der Waals surface area contributed by atoms with Crippen molar-refractivity contribution < 1.29 is 9.47 Å². The maximum absolute atomic E-state index is 5.69. The molecule has 0 saturated carbocycles. The van der Waals surface area contributed by atoms with Crippen LogP contribution in [-0.4, -0.2) is 14.2 Å². The van der Waals surface area contributed by atoms with Crippen LogP contribution < -0.4 is 20.7 Å². The molecule has 0 spiro atoms. The fourth-order valence-electron chi connectivity index (χ4n) is 1.82. The highest BCUT2D eigenvalue weighted by Gasteiger charge is 2.16. The smallest absolute Gasteiger partial charge is 0.122 e. The molecule has 0 saturated heterocycles. The Kier molecular flexibility index (Phi) is 4.81. The quantitative estimate of drug-likeness (QED) is 0.647. The van der Waals surface area contributed by atoms with E-state index in [2.05, 4.69) is 21.4 Å². The summed E-state index contributed by atoms with van der Waals surface area (Å²) >= 11 is 5.08. The summed E-state index contributed by atoms with van der Waals surface area (Å²) in [5.41, 5.74) is 3.82. The Balaban J connectivity index is 2.42. The number of hydrazine groups is 1. The highest BCUT2D eigenvalue weighted by atomic mass is 79.9. The fraction of sp³-hybridized carbons (Fsp3) is 0.231. The third-order valence-electron chi connectivity index (χ3n) is 2.75. The second kappa shape index (κ2) is 6.38. The highest BCUT2D eigenvalue weighted by molar-refractivity contribution is 9.10. The lowest BCUT2D eigenvalue weighted by molar-refractivity contribution is 0.392. The van der Waals surface area contributed by atoms with Crippen LogP contribution in [0.3, 0.4) is 0 Å². The van der Waals surface area contributed by atoms with E-state index in [9.17, 15) is 0 Å². The number of methoxy groups -OCH3 is 2. The van der Waals surface area contributed by atoms with Crippen molar-refractivity contribution in [3.63, 3.8) is 0 Å². The molecule has 1 unspecified atom stereocenters. The van der Waals surface area contributed by atoms with E-state index in [4.69, 9.17) is 15.3 Å². The molecule has 0 aliphatic carbocycles. The van der Waals surface area contributed by atoms with Gasteiger partial charge in [-0.05, 0) is 39.7 Å². The molecule has 2 rings (SSSR count). The number of hydrogen-bond acceptors (Lipinski definition) is 5. The van der Waals surface area contributed by atoms with E-state index < -0.39 is 0 Å². The molecule has 2 aromatic rings. The average Bonchev–Trinajstić information content (AvgIpc) is 2.85. The number of nitrogens with two attached hydrogens (primary N) is 1. The standard InChI is InChI=1S/C13H15BrN2O2S/c1-17-10-3-8(4-11(6-10)18-2)13(16-15)12-5-9(14)7-19-12/h3-7,13,16H,15H2,1-2H3. The third kappa shape index (κ3) is 3.27. The molecule has 102 valence electrons. The van der Waals surface area contributed by atoms with Gasteiger partial charge in [-0.15, -0.1) is 11.3 Å². The minimum absolute atomic E-state index is 0.0969. The number of ether oxygens (including phenoxy) is 2. The van der Waals surface area contributed by atoms with Gasteiger partial charge in [-0.2, -0.15) is 0 Å². The van der Waals surface area contributed by atoms with Crippen LogP contribution in [-0.2, 0) is 0 Å². The van der Waals surface area contributed by atoms with Gasteiger partial charge in [0.15, 0.2) is 0 Å². The van der Waals surface area contributed by atoms with E-state index in [0.717, 1.165) is 26.4 Å². The Hall–Kier alpha value is -1.08. The minimum Gasteiger partial charge on any atom is -0.497 e. The van der Waals surface area contributed by atoms with Crippen LogP contribution in [0.2, 0.25) is 0 Å². The first-order valence-electron chi connectivity index (χ1n) is 5.61. The molecule has 1 aromatic heterocycles. The van der Waals surface area contributed by atoms with Crippen LogP contribution >= 0.6 is 27.3 Å². The van der Waals surface area contributed by atoms with Gasteiger partial charge in [0.05, 0.1) is 20.3 Å². The molecule has 0 bridgehead atoms. The molecule has 1 heterocycles. The second-order valence-electron chi connectivity index (χ2n) is 3.91. The van der Waals surface area contributed by atoms with Gasteiger partial charge in [-0.25, -0.2) is 5.43 Å². The largest absolute Gasteiger partial charge is 0.497 e. The van der Waals surface area contributed by atoms with Crippen molar-refractivity contribution in [3.8, 4) is 11.5 Å². The third-order valence-corrected chi connectivity index (χ3v) is 4.50. The zero-order valence-electron chi connectivity index (χ0n) is 10.6. The van der Waals surface area contributed by atoms with Gasteiger partial charge in [0, 0.05) is 20.8 Å². The van der Waals surface area contributed by atoms with Gasteiger partial charge in [-0.1, -0.05) is 0 Å². The van der Waals surface area contributed by atoms with E-state index in [-0.39, 0.29) is 6.04 Å². The highest BCUT2D eigenvalue weighted by Crippen LogP contribution is 2.33. The van der Waals surface area contributed by atoms with Crippen molar-refractivity contribution in [2.45, 2.75) is 6.04 Å². The van der Waals surface area contributed by atoms with Gasteiger partial charge in [0.25, 0.3) is 0 Å². The van der Waals surface area contributed by atoms with Crippen LogP contribution in [0.25, 0.3) is 0 Å². The number of halogens is 1. The molecule has 1 atom stereocenters. The Labute approximate surface area is 124 Å². The molecular weight excluding hydrogens is 328 g/mol. The van der Waals surface area contributed by atoms with Crippen LogP contribution in [0.15, 0.2) is 34.1 Å². The number of rotatable bonds is 5. The molecule has 4 nitrogen and oxygen atoms in total. The molecule has 3 N–H and O–H groups in total. The normalized spacial score (nSPS) is 12.2. The number of nitrogens with one attached hydrogen (secondary N) is 1. The lowest BCUT2D eigenvalue weighted by atomic mass is 10.1. The SMILES string of the molecule is COc1cc(OC)cc(C(NN)c2cc(Br)cs2)c1. The predicted octanol–water partition coefficient (Wildman–Crippen LogP) is 3.08. The van der Waals surface area contributed by atoms with Gasteiger partial charge >= 0.3 is 0 Å². The monoisotopic (exact) mass is 342 g/mol. The summed E-state index contributed by atoms with van der Waals surface area (Å²) in [7, 11) is 3.26. The summed E-state index contributed by atoms with van der Waals surface area (Å²) < 4.78 is 11.6. The Morgan fingerprint density at radius 2 is 1.79 bits per heavy atom. The molecule has 6 heteroatoms. The Bertz CT molecular complexity index is 537. The molecule has 0 radical (unpaired) electrons. The lowest BCUT2D eigenvalue weighted by Gasteiger charge is -2.16. The molecular formula is C13H15BrN2O2S. The van der Waals surface area contributed by atoms with Crippen molar-refractivity contribution in [3.05, 3.63) is 44.6 Å². The zero-order chi connectivity index (χ0) is 13.8. The van der Waals surface area contributed by atoms with Crippen molar-refractivity contribution in [1.82, 2.24) is 5.43 Å². The van der Waals surface area contributed by atoms with Crippen molar-refractivity contribution in [2.24, 2.45) is 5.84 Å². The van der Waals surface area contributed by atoms with Gasteiger partial charge in [0.1, 0.15) is 11.5 Å². The minimum atomic E-state index is -0.0969. The van der Waals surface area contributed by atoms with Gasteiger partial charge < -0.3 is 9.47 Å². The molecule has 19 heavy (non-hydrogen) atoms. The molecule has 0 fully saturated rings. The second-order valence-corrected chi connectivity index (χ2v) is 5.77. The summed E-state index contributed by atoms with van der Waals surface area (Å²) in [4.78, 5) is 1.12. The molecule has 0 aliphatic rings. The molecule has 1 aromatic carbocycles. The first kappa shape index (κ1) is 14.3. The van der Waals surface area contributed by atoms with Crippen LogP contribution in [0.1, 0.15) is 16.5 Å². The van der Waals surface area contributed by atoms with E-state index in [1.54, 1.807) is 25.6 Å². The average molecular weight is 343 g/mol. The van der Waals surface area contributed by atoms with Crippen LogP contribution in [0, 0.1) is 0 Å². The maximum Gasteiger partial charge on any atom is 0.122 e. The molecule has 0 amide bonds. The lowest BCUT2D eigenvalue weighted by Crippen LogP contribution is -2.28. The van der Waals surface area contributed by atoms with Gasteiger partial charge in [-0.3, -0.25) is 5.84 Å². The summed E-state index contributed by atoms with van der Waals surface area (Å²) in [5, 5.41) is 2.02. The van der Waals surface area contributed by atoms with E-state index >= 15 is 0 Å². The fourth-order valence-corrected chi connectivity index (χ4v) is 3.35. The van der Waals surface area contributed by atoms with Crippen LogP contribution in [0.4, 0.5) is 0 Å². The first-order chi connectivity index (χ1) is 9.17. The van der Waals surface area contributed by atoms with E-state index in [1.807, 2.05) is 29.6 Å². The number of thiophene rings is 1. The van der Waals surface area contributed by atoms with Crippen LogP contribution in [0.5, 0.6) is 11.5 Å². The summed E-state index contributed by atoms with van der Waals surface area (Å²) in [6, 6.07) is 7.67. The predicted molar refractivity (Wildman–Crippen MR) is 80.7 cm³/mol. The van der Waals surface area contributed by atoms with Crippen molar-refractivity contribution >= 4 is 27.3 Å². The van der Waals surface area contributed by atoms with E-state index in [1.165, 1.54) is 0 Å². The maximum atomic E-state index is 5.69. The Morgan fingerprint density at radius 1 is 1.16 bits per heavy atom. The summed E-state index contributed by atoms with van der Waals surface area (Å²) in [5.74, 6) is 7.17. The van der Waals surface area contributed by atoms with Crippen molar-refractivity contribution in [2.75, 3.05) is 14.2 Å². The summed E-state index contributed by atoms with van der Waals surface area (Å²) in [6.07, 6.45) is 0. The van der Waals surface area contributed by atoms with E-state index in [0.29, 0.717) is 0 Å². The molecule has 0 aliphatic heterocycles. The van der Waals surface area contributed by atoms with Crippen molar-refractivity contribution in [1.29, 1.82) is 0 Å². The zero-order valence-corrected chi connectivity index (χ0v) is 13.0. The number of benzene rings is 1. The Morgan fingerprint density at radius 3 is 2.21 bits per heavy atom. The van der Waals surface area contributed by atoms with Gasteiger partial charge in [0.2, 0.25) is 0 Å². The first-order valence-corrected chi connectivity index (χ1v) is 7.28. The topological polar surface area (TPSA) is 56.5 Å².